The second-order valence-corrected chi connectivity index (χ2v) is 3.20. The third kappa shape index (κ3) is 31.4. The summed E-state index contributed by atoms with van der Waals surface area (Å²) in [5, 5.41) is 28.5. The third-order valence-corrected chi connectivity index (χ3v) is 1.05. The average molecular weight is 306 g/mol. The standard InChI is InChI=1S/3C4H6O2.V/c3*1-3(2)4(5)6;/h3*1H2,2H3,(H,5,6);/q;;;+3/p-3. The SMILES string of the molecule is C=C(C)C(=O)[O-].C=C(C)C(=O)[O-].C=C(C)C(=O)[O-].[V+3]. The summed E-state index contributed by atoms with van der Waals surface area (Å²) in [4.78, 5) is 28.5. The second kappa shape index (κ2) is 14.3. The van der Waals surface area contributed by atoms with Crippen LogP contribution in [0.15, 0.2) is 36.5 Å². The minimum Gasteiger partial charge on any atom is -0.545 e. The molecule has 0 radical (unpaired) electrons. The number of carboxylic acid groups (broad SMARTS) is 3. The summed E-state index contributed by atoms with van der Waals surface area (Å²) in [7, 11) is 0. The number of hydrogen-bond donors (Lipinski definition) is 0. The van der Waals surface area contributed by atoms with Crippen molar-refractivity contribution in [3.63, 3.8) is 0 Å². The number of carbonyl (C=O) groups is 3. The van der Waals surface area contributed by atoms with E-state index >= 15 is 0 Å². The molecular formula is C12H15O6V. The first-order chi connectivity index (χ1) is 7.93. The molecule has 0 fully saturated rings. The van der Waals surface area contributed by atoms with Crippen LogP contribution in [0.25, 0.3) is 0 Å². The van der Waals surface area contributed by atoms with Crippen LogP contribution in [0, 0.1) is 0 Å². The van der Waals surface area contributed by atoms with Crippen LogP contribution in [0.5, 0.6) is 0 Å². The monoisotopic (exact) mass is 306 g/mol. The number of rotatable bonds is 3. The van der Waals surface area contributed by atoms with Crippen LogP contribution >= 0.6 is 0 Å². The molecule has 0 bridgehead atoms. The van der Waals surface area contributed by atoms with Gasteiger partial charge >= 0.3 is 18.6 Å². The van der Waals surface area contributed by atoms with Crippen molar-refractivity contribution in [1.82, 2.24) is 0 Å². The summed E-state index contributed by atoms with van der Waals surface area (Å²) < 4.78 is 0. The molecule has 19 heavy (non-hydrogen) atoms. The van der Waals surface area contributed by atoms with Crippen LogP contribution in [0.2, 0.25) is 0 Å². The zero-order valence-electron chi connectivity index (χ0n) is 11.0. The number of aliphatic carboxylic acids is 3. The van der Waals surface area contributed by atoms with E-state index in [0.717, 1.165) is 0 Å². The van der Waals surface area contributed by atoms with Crippen molar-refractivity contribution in [1.29, 1.82) is 0 Å². The molecule has 0 aromatic carbocycles. The fourth-order valence-corrected chi connectivity index (χ4v) is 0. The first-order valence-electron chi connectivity index (χ1n) is 4.54. The van der Waals surface area contributed by atoms with Gasteiger partial charge in [0.15, 0.2) is 0 Å². The van der Waals surface area contributed by atoms with Crippen LogP contribution in [0.3, 0.4) is 0 Å². The van der Waals surface area contributed by atoms with Gasteiger partial charge in [-0.2, -0.15) is 0 Å². The molecule has 0 saturated carbocycles. The quantitative estimate of drug-likeness (QED) is 0.553. The van der Waals surface area contributed by atoms with E-state index in [1.54, 1.807) is 0 Å². The third-order valence-electron chi connectivity index (χ3n) is 1.05. The van der Waals surface area contributed by atoms with E-state index in [4.69, 9.17) is 0 Å². The van der Waals surface area contributed by atoms with Gasteiger partial charge in [-0.25, -0.2) is 0 Å². The molecule has 0 atom stereocenters. The molecule has 0 spiro atoms. The van der Waals surface area contributed by atoms with Crippen molar-refractivity contribution < 1.29 is 48.3 Å². The predicted octanol–water partition coefficient (Wildman–Crippen LogP) is -2.07. The van der Waals surface area contributed by atoms with Gasteiger partial charge in [-0.1, -0.05) is 19.7 Å². The van der Waals surface area contributed by atoms with E-state index in [0.29, 0.717) is 0 Å². The molecule has 0 aliphatic carbocycles. The molecule has 0 saturated heterocycles. The van der Waals surface area contributed by atoms with E-state index in [2.05, 4.69) is 19.7 Å². The molecule has 0 amide bonds. The van der Waals surface area contributed by atoms with E-state index < -0.39 is 17.9 Å². The summed E-state index contributed by atoms with van der Waals surface area (Å²) in [5.74, 6) is -3.56. The van der Waals surface area contributed by atoms with Crippen molar-refractivity contribution in [2.24, 2.45) is 0 Å². The Bertz CT molecular complexity index is 277. The van der Waals surface area contributed by atoms with Gasteiger partial charge in [0.25, 0.3) is 0 Å². The Morgan fingerprint density at radius 3 is 0.684 bits per heavy atom. The maximum atomic E-state index is 9.49. The van der Waals surface area contributed by atoms with Crippen LogP contribution in [0.1, 0.15) is 20.8 Å². The molecule has 0 N–H and O–H groups in total. The van der Waals surface area contributed by atoms with Gasteiger partial charge in [0.2, 0.25) is 0 Å². The van der Waals surface area contributed by atoms with Crippen LogP contribution in [-0.2, 0) is 32.9 Å². The molecule has 6 nitrogen and oxygen atoms in total. The van der Waals surface area contributed by atoms with E-state index in [1.807, 2.05) is 0 Å². The fourth-order valence-electron chi connectivity index (χ4n) is 0. The zero-order valence-corrected chi connectivity index (χ0v) is 12.4. The van der Waals surface area contributed by atoms with Crippen molar-refractivity contribution >= 4 is 17.9 Å². The van der Waals surface area contributed by atoms with Gasteiger partial charge in [-0.3, -0.25) is 0 Å². The Hall–Kier alpha value is -1.79. The van der Waals surface area contributed by atoms with E-state index in [9.17, 15) is 29.7 Å². The normalized spacial score (nSPS) is 7.11. The summed E-state index contributed by atoms with van der Waals surface area (Å²) in [6, 6.07) is 0. The molecular weight excluding hydrogens is 291 g/mol. The summed E-state index contributed by atoms with van der Waals surface area (Å²) >= 11 is 0. The van der Waals surface area contributed by atoms with Crippen molar-refractivity contribution in [2.45, 2.75) is 20.8 Å². The maximum Gasteiger partial charge on any atom is 3.00 e. The maximum absolute atomic E-state index is 9.49. The average Bonchev–Trinajstić information content (AvgIpc) is 2.18. The van der Waals surface area contributed by atoms with Crippen LogP contribution < -0.4 is 15.3 Å². The number of hydrogen-bond acceptors (Lipinski definition) is 6. The van der Waals surface area contributed by atoms with E-state index in [-0.39, 0.29) is 35.3 Å². The van der Waals surface area contributed by atoms with Gasteiger partial charge in [-0.05, 0) is 37.5 Å². The second-order valence-electron chi connectivity index (χ2n) is 3.20. The van der Waals surface area contributed by atoms with Gasteiger partial charge in [0.1, 0.15) is 0 Å². The van der Waals surface area contributed by atoms with Crippen LogP contribution in [-0.4, -0.2) is 17.9 Å². The fraction of sp³-hybridized carbons (Fsp3) is 0.250. The van der Waals surface area contributed by atoms with Crippen molar-refractivity contribution in [3.05, 3.63) is 36.5 Å². The Morgan fingerprint density at radius 2 is 0.684 bits per heavy atom. The minimum absolute atomic E-state index is 0. The van der Waals surface area contributed by atoms with Crippen LogP contribution in [0.4, 0.5) is 0 Å². The molecule has 0 unspecified atom stereocenters. The zero-order chi connectivity index (χ0) is 15.5. The minimum atomic E-state index is -1.19. The Kier molecular flexibility index (Phi) is 19.5. The predicted molar refractivity (Wildman–Crippen MR) is 59.5 cm³/mol. The van der Waals surface area contributed by atoms with Gasteiger partial charge < -0.3 is 29.7 Å². The molecule has 0 heterocycles. The van der Waals surface area contributed by atoms with Crippen molar-refractivity contribution in [3.8, 4) is 0 Å². The van der Waals surface area contributed by atoms with Gasteiger partial charge in [0, 0.05) is 0 Å². The van der Waals surface area contributed by atoms with Gasteiger partial charge in [-0.15, -0.1) is 0 Å². The van der Waals surface area contributed by atoms with Gasteiger partial charge in [0.05, 0.1) is 17.9 Å². The largest absolute Gasteiger partial charge is 3.00 e. The van der Waals surface area contributed by atoms with E-state index in [1.165, 1.54) is 20.8 Å². The molecule has 0 aliphatic heterocycles. The molecule has 0 aliphatic rings. The molecule has 0 aromatic heterocycles. The number of carboxylic acids is 3. The Labute approximate surface area is 124 Å². The molecule has 7 heteroatoms. The summed E-state index contributed by atoms with van der Waals surface area (Å²) in [5.41, 5.74) is 0.194. The molecule has 0 rings (SSSR count). The smallest absolute Gasteiger partial charge is 0.545 e. The topological polar surface area (TPSA) is 120 Å². The first-order valence-corrected chi connectivity index (χ1v) is 4.54. The Balaban J connectivity index is -0.0000000865. The molecule has 0 aromatic rings. The van der Waals surface area contributed by atoms with Crippen molar-refractivity contribution in [2.75, 3.05) is 0 Å². The molecule has 104 valence electrons. The number of carbonyl (C=O) groups excluding carboxylic acids is 3. The summed E-state index contributed by atoms with van der Waals surface area (Å²) in [6.07, 6.45) is 0. The first kappa shape index (κ1) is 25.9. The Morgan fingerprint density at radius 1 is 0.632 bits per heavy atom. The summed E-state index contributed by atoms with van der Waals surface area (Å²) in [6.45, 7) is 13.4.